The van der Waals surface area contributed by atoms with Crippen LogP contribution >= 0.6 is 0 Å². The average Bonchev–Trinajstić information content (AvgIpc) is 2.01. The summed E-state index contributed by atoms with van der Waals surface area (Å²) < 4.78 is 0. The molecule has 0 saturated heterocycles. The van der Waals surface area contributed by atoms with Crippen LogP contribution in [0, 0.1) is 5.92 Å². The first kappa shape index (κ1) is 11.4. The van der Waals surface area contributed by atoms with Crippen molar-refractivity contribution in [3.8, 4) is 0 Å². The van der Waals surface area contributed by atoms with Gasteiger partial charge in [0.2, 0.25) is 0 Å². The Kier molecular flexibility index (Phi) is 6.73. The standard InChI is InChI=1S/C11H20O/c1-4-6-8-11(12)9-10(3)7-5-2/h5,7,10H,4,6,8-9H2,1-3H3/b7-5+. The minimum Gasteiger partial charge on any atom is -0.300 e. The van der Waals surface area contributed by atoms with Crippen molar-refractivity contribution in [3.05, 3.63) is 12.2 Å². The molecule has 12 heavy (non-hydrogen) atoms. The molecule has 0 aromatic rings. The van der Waals surface area contributed by atoms with Crippen LogP contribution in [0.5, 0.6) is 0 Å². The van der Waals surface area contributed by atoms with E-state index in [2.05, 4.69) is 19.9 Å². The Balaban J connectivity index is 3.54. The molecule has 0 aliphatic heterocycles. The zero-order chi connectivity index (χ0) is 9.40. The zero-order valence-electron chi connectivity index (χ0n) is 8.47. The van der Waals surface area contributed by atoms with Crippen LogP contribution in [0.25, 0.3) is 0 Å². The third-order valence-electron chi connectivity index (χ3n) is 1.88. The van der Waals surface area contributed by atoms with E-state index in [-0.39, 0.29) is 0 Å². The van der Waals surface area contributed by atoms with Crippen LogP contribution in [0.1, 0.15) is 46.5 Å². The maximum absolute atomic E-state index is 11.3. The van der Waals surface area contributed by atoms with E-state index in [9.17, 15) is 4.79 Å². The Morgan fingerprint density at radius 2 is 2.17 bits per heavy atom. The first-order valence-corrected chi connectivity index (χ1v) is 4.85. The van der Waals surface area contributed by atoms with Crippen molar-refractivity contribution in [2.45, 2.75) is 46.5 Å². The number of ketones is 1. The molecule has 70 valence electrons. The average molecular weight is 168 g/mol. The van der Waals surface area contributed by atoms with Crippen LogP contribution in [-0.2, 0) is 4.79 Å². The van der Waals surface area contributed by atoms with E-state index in [1.165, 1.54) is 0 Å². The van der Waals surface area contributed by atoms with Crippen molar-refractivity contribution in [3.63, 3.8) is 0 Å². The van der Waals surface area contributed by atoms with Gasteiger partial charge < -0.3 is 0 Å². The highest BCUT2D eigenvalue weighted by Gasteiger charge is 2.04. The normalized spacial score (nSPS) is 13.6. The highest BCUT2D eigenvalue weighted by Crippen LogP contribution is 2.08. The van der Waals surface area contributed by atoms with Crippen molar-refractivity contribution >= 4 is 5.78 Å². The minimum atomic E-state index is 0.405. The maximum atomic E-state index is 11.3. The molecule has 1 unspecified atom stereocenters. The van der Waals surface area contributed by atoms with Crippen LogP contribution < -0.4 is 0 Å². The third kappa shape index (κ3) is 6.14. The van der Waals surface area contributed by atoms with E-state index >= 15 is 0 Å². The lowest BCUT2D eigenvalue weighted by molar-refractivity contribution is -0.119. The van der Waals surface area contributed by atoms with Gasteiger partial charge in [0, 0.05) is 12.8 Å². The Morgan fingerprint density at radius 3 is 2.67 bits per heavy atom. The molecule has 0 radical (unpaired) electrons. The van der Waals surface area contributed by atoms with Gasteiger partial charge >= 0.3 is 0 Å². The summed E-state index contributed by atoms with van der Waals surface area (Å²) in [5.41, 5.74) is 0. The first-order chi connectivity index (χ1) is 5.70. The summed E-state index contributed by atoms with van der Waals surface area (Å²) in [5, 5.41) is 0. The molecule has 0 N–H and O–H groups in total. The summed E-state index contributed by atoms with van der Waals surface area (Å²) in [6.07, 6.45) is 7.73. The molecule has 0 bridgehead atoms. The SMILES string of the molecule is C/C=C/C(C)CC(=O)CCCC. The number of allylic oxidation sites excluding steroid dienone is 2. The number of hydrogen-bond acceptors (Lipinski definition) is 1. The topological polar surface area (TPSA) is 17.1 Å². The van der Waals surface area contributed by atoms with E-state index in [1.807, 2.05) is 13.0 Å². The summed E-state index contributed by atoms with van der Waals surface area (Å²) in [6, 6.07) is 0. The molecule has 0 fully saturated rings. The molecule has 0 saturated carbocycles. The fraction of sp³-hybridized carbons (Fsp3) is 0.727. The monoisotopic (exact) mass is 168 g/mol. The summed E-state index contributed by atoms with van der Waals surface area (Å²) in [5.74, 6) is 0.821. The number of carbonyl (C=O) groups is 1. The van der Waals surface area contributed by atoms with Crippen molar-refractivity contribution in [2.75, 3.05) is 0 Å². The lowest BCUT2D eigenvalue weighted by atomic mass is 10.0. The van der Waals surface area contributed by atoms with Gasteiger partial charge in [-0.05, 0) is 19.3 Å². The Hall–Kier alpha value is -0.590. The maximum Gasteiger partial charge on any atom is 0.133 e. The lowest BCUT2D eigenvalue weighted by Gasteiger charge is -2.03. The van der Waals surface area contributed by atoms with Crippen molar-refractivity contribution in [2.24, 2.45) is 5.92 Å². The number of carbonyl (C=O) groups excluding carboxylic acids is 1. The highest BCUT2D eigenvalue weighted by molar-refractivity contribution is 5.78. The molecule has 1 nitrogen and oxygen atoms in total. The second-order valence-corrected chi connectivity index (χ2v) is 3.35. The van der Waals surface area contributed by atoms with Gasteiger partial charge in [0.05, 0.1) is 0 Å². The van der Waals surface area contributed by atoms with Crippen LogP contribution in [-0.4, -0.2) is 5.78 Å². The van der Waals surface area contributed by atoms with Gasteiger partial charge in [-0.1, -0.05) is 32.4 Å². The van der Waals surface area contributed by atoms with Gasteiger partial charge in [0.15, 0.2) is 0 Å². The molecule has 1 atom stereocenters. The van der Waals surface area contributed by atoms with Gasteiger partial charge in [-0.25, -0.2) is 0 Å². The molecule has 0 spiro atoms. The smallest absolute Gasteiger partial charge is 0.133 e. The summed E-state index contributed by atoms with van der Waals surface area (Å²) >= 11 is 0. The van der Waals surface area contributed by atoms with E-state index in [0.29, 0.717) is 18.1 Å². The highest BCUT2D eigenvalue weighted by atomic mass is 16.1. The van der Waals surface area contributed by atoms with Crippen molar-refractivity contribution < 1.29 is 4.79 Å². The van der Waals surface area contributed by atoms with E-state index in [4.69, 9.17) is 0 Å². The van der Waals surface area contributed by atoms with Gasteiger partial charge in [0.1, 0.15) is 5.78 Å². The van der Waals surface area contributed by atoms with Crippen LogP contribution in [0.3, 0.4) is 0 Å². The summed E-state index contributed by atoms with van der Waals surface area (Å²) in [6.45, 7) is 6.19. The van der Waals surface area contributed by atoms with Gasteiger partial charge in [-0.15, -0.1) is 0 Å². The molecule has 0 heterocycles. The Labute approximate surface area is 75.9 Å². The summed E-state index contributed by atoms with van der Waals surface area (Å²) in [4.78, 5) is 11.3. The fourth-order valence-corrected chi connectivity index (χ4v) is 1.23. The molecule has 1 heteroatoms. The Bertz CT molecular complexity index is 147. The molecule has 0 amide bonds. The second kappa shape index (κ2) is 7.08. The quantitative estimate of drug-likeness (QED) is 0.556. The predicted octanol–water partition coefficient (Wildman–Crippen LogP) is 3.35. The molecule has 0 aliphatic rings. The molecule has 0 aromatic heterocycles. The van der Waals surface area contributed by atoms with E-state index in [1.54, 1.807) is 0 Å². The number of Topliss-reactive ketones (excluding diaryl/α,β-unsaturated/α-hetero) is 1. The van der Waals surface area contributed by atoms with Gasteiger partial charge in [-0.3, -0.25) is 4.79 Å². The lowest BCUT2D eigenvalue weighted by Crippen LogP contribution is -2.02. The van der Waals surface area contributed by atoms with E-state index < -0.39 is 0 Å². The minimum absolute atomic E-state index is 0.405. The summed E-state index contributed by atoms with van der Waals surface area (Å²) in [7, 11) is 0. The number of rotatable bonds is 6. The Morgan fingerprint density at radius 1 is 1.50 bits per heavy atom. The molecule has 0 rings (SSSR count). The zero-order valence-corrected chi connectivity index (χ0v) is 8.47. The molecule has 0 aromatic carbocycles. The number of hydrogen-bond donors (Lipinski definition) is 0. The first-order valence-electron chi connectivity index (χ1n) is 4.85. The van der Waals surface area contributed by atoms with Crippen molar-refractivity contribution in [1.29, 1.82) is 0 Å². The molecular formula is C11H20O. The second-order valence-electron chi connectivity index (χ2n) is 3.35. The van der Waals surface area contributed by atoms with Crippen LogP contribution in [0.4, 0.5) is 0 Å². The van der Waals surface area contributed by atoms with Crippen LogP contribution in [0.2, 0.25) is 0 Å². The predicted molar refractivity (Wildman–Crippen MR) is 53.1 cm³/mol. The number of unbranched alkanes of at least 4 members (excludes halogenated alkanes) is 1. The largest absolute Gasteiger partial charge is 0.300 e. The molecule has 0 aliphatic carbocycles. The van der Waals surface area contributed by atoms with Crippen LogP contribution in [0.15, 0.2) is 12.2 Å². The van der Waals surface area contributed by atoms with Gasteiger partial charge in [0.25, 0.3) is 0 Å². The van der Waals surface area contributed by atoms with Gasteiger partial charge in [-0.2, -0.15) is 0 Å². The van der Waals surface area contributed by atoms with Crippen molar-refractivity contribution in [1.82, 2.24) is 0 Å². The fourth-order valence-electron chi connectivity index (χ4n) is 1.23. The molecular weight excluding hydrogens is 148 g/mol. The third-order valence-corrected chi connectivity index (χ3v) is 1.88. The van der Waals surface area contributed by atoms with E-state index in [0.717, 1.165) is 19.3 Å².